The van der Waals surface area contributed by atoms with Crippen molar-refractivity contribution in [2.24, 2.45) is 0 Å². The van der Waals surface area contributed by atoms with Crippen LogP contribution in [-0.2, 0) is 16.1 Å². The van der Waals surface area contributed by atoms with E-state index in [1.807, 2.05) is 39.8 Å². The molecule has 1 aromatic carbocycles. The highest BCUT2D eigenvalue weighted by Crippen LogP contribution is 2.37. The van der Waals surface area contributed by atoms with Crippen LogP contribution in [0, 0.1) is 12.8 Å². The second-order valence-corrected chi connectivity index (χ2v) is 9.35. The number of allylic oxidation sites excluding steroid dienone is 4. The number of carbonyl (C=O) groups excluding carboxylic acids is 1. The molecule has 2 heterocycles. The monoisotopic (exact) mass is 540 g/mol. The minimum absolute atomic E-state index is 0.520. The Morgan fingerprint density at radius 2 is 1.90 bits per heavy atom. The molecule has 2 aliphatic heterocycles. The zero-order valence-electron chi connectivity index (χ0n) is 26.0. The standard InChI is InChI=1S/C21H25NO2.C7H17NO.2C2H6.C2H2/c23-11-10-22-15-19(14-20(22)7-5-16-3-1-2-4-16)17-6-8-21-18(13-17)9-12-24-21;1-4-6-8(3)9-7-5-2;3*1-2/h1-3,6,8,11,13,19-20H,4-5,7,9-10,12,14-15H2;4-7H2,1-3H3;2*1-2H3;1-2H. The first kappa shape index (κ1) is 36.6. The van der Waals surface area contributed by atoms with Gasteiger partial charge in [-0.2, -0.15) is 5.06 Å². The van der Waals surface area contributed by atoms with E-state index in [9.17, 15) is 4.79 Å². The Kier molecular flexibility index (Phi) is 22.1. The number of carbonyl (C=O) groups is 1. The van der Waals surface area contributed by atoms with Gasteiger partial charge in [0.25, 0.3) is 0 Å². The molecule has 0 saturated carbocycles. The molecule has 2 unspecified atom stereocenters. The number of rotatable bonds is 11. The molecule has 1 aliphatic carbocycles. The minimum atomic E-state index is 0.520. The molecule has 0 bridgehead atoms. The third-order valence-electron chi connectivity index (χ3n) is 6.72. The summed E-state index contributed by atoms with van der Waals surface area (Å²) in [5.74, 6) is 1.59. The number of benzene rings is 1. The van der Waals surface area contributed by atoms with Crippen LogP contribution in [0.15, 0.2) is 42.0 Å². The van der Waals surface area contributed by atoms with Crippen molar-refractivity contribution in [1.82, 2.24) is 9.96 Å². The average Bonchev–Trinajstić information content (AvgIpc) is 3.76. The first-order valence-electron chi connectivity index (χ1n) is 15.1. The summed E-state index contributed by atoms with van der Waals surface area (Å²) < 4.78 is 5.62. The number of ether oxygens (including phenoxy) is 1. The molecule has 4 rings (SSSR count). The Morgan fingerprint density at radius 3 is 2.51 bits per heavy atom. The maximum atomic E-state index is 11.1. The van der Waals surface area contributed by atoms with E-state index < -0.39 is 0 Å². The van der Waals surface area contributed by atoms with Gasteiger partial charge < -0.3 is 9.53 Å². The van der Waals surface area contributed by atoms with Crippen LogP contribution in [0.3, 0.4) is 0 Å². The zero-order chi connectivity index (χ0) is 29.5. The third-order valence-corrected chi connectivity index (χ3v) is 6.72. The van der Waals surface area contributed by atoms with E-state index >= 15 is 0 Å². The van der Waals surface area contributed by atoms with Crippen molar-refractivity contribution in [3.8, 4) is 18.6 Å². The van der Waals surface area contributed by atoms with Gasteiger partial charge in [0.2, 0.25) is 0 Å². The maximum Gasteiger partial charge on any atom is 0.133 e. The number of terminal acetylenes is 1. The first-order valence-corrected chi connectivity index (χ1v) is 15.1. The number of likely N-dealkylation sites (tertiary alicyclic amines) is 1. The lowest BCUT2D eigenvalue weighted by atomic mass is 9.92. The van der Waals surface area contributed by atoms with Crippen molar-refractivity contribution in [3.05, 3.63) is 53.1 Å². The molecule has 1 aromatic rings. The molecular weight excluding hydrogens is 484 g/mol. The van der Waals surface area contributed by atoms with Gasteiger partial charge in [-0.05, 0) is 61.6 Å². The first-order chi connectivity index (χ1) is 19.1. The highest BCUT2D eigenvalue weighted by molar-refractivity contribution is 5.52. The van der Waals surface area contributed by atoms with E-state index in [4.69, 9.17) is 9.57 Å². The summed E-state index contributed by atoms with van der Waals surface area (Å²) >= 11 is 0. The van der Waals surface area contributed by atoms with Gasteiger partial charge in [0.1, 0.15) is 12.0 Å². The Morgan fingerprint density at radius 1 is 1.15 bits per heavy atom. The van der Waals surface area contributed by atoms with E-state index in [0.717, 1.165) is 83.3 Å². The van der Waals surface area contributed by atoms with E-state index in [-0.39, 0.29) is 0 Å². The highest BCUT2D eigenvalue weighted by Gasteiger charge is 2.32. The summed E-state index contributed by atoms with van der Waals surface area (Å²) in [6, 6.07) is 7.20. The van der Waals surface area contributed by atoms with E-state index in [0.29, 0.717) is 18.5 Å². The molecule has 1 fully saturated rings. The van der Waals surface area contributed by atoms with Crippen LogP contribution in [0.5, 0.6) is 5.75 Å². The number of hydrogen-bond donors (Lipinski definition) is 0. The van der Waals surface area contributed by atoms with Gasteiger partial charge in [-0.15, -0.1) is 12.8 Å². The molecule has 0 aromatic heterocycles. The van der Waals surface area contributed by atoms with E-state index in [2.05, 4.69) is 68.0 Å². The van der Waals surface area contributed by atoms with Crippen LogP contribution in [0.2, 0.25) is 0 Å². The van der Waals surface area contributed by atoms with Gasteiger partial charge in [-0.25, -0.2) is 0 Å². The predicted molar refractivity (Wildman–Crippen MR) is 167 cm³/mol. The van der Waals surface area contributed by atoms with Gasteiger partial charge >= 0.3 is 0 Å². The Bertz CT molecular complexity index is 846. The molecule has 0 amide bonds. The van der Waals surface area contributed by atoms with Crippen LogP contribution in [0.1, 0.15) is 97.1 Å². The molecule has 0 N–H and O–H groups in total. The number of aldehydes is 1. The van der Waals surface area contributed by atoms with Crippen LogP contribution in [0.4, 0.5) is 0 Å². The molecule has 220 valence electrons. The fourth-order valence-corrected chi connectivity index (χ4v) is 4.96. The van der Waals surface area contributed by atoms with Crippen molar-refractivity contribution in [2.45, 2.75) is 98.4 Å². The summed E-state index contributed by atoms with van der Waals surface area (Å²) in [5, 5.41) is 1.89. The van der Waals surface area contributed by atoms with Crippen LogP contribution < -0.4 is 4.74 Å². The highest BCUT2D eigenvalue weighted by atomic mass is 16.7. The Labute approximate surface area is 240 Å². The largest absolute Gasteiger partial charge is 0.493 e. The summed E-state index contributed by atoms with van der Waals surface area (Å²) in [4.78, 5) is 18.7. The molecule has 3 aliphatic rings. The lowest BCUT2D eigenvalue weighted by Gasteiger charge is -2.22. The molecule has 5 nitrogen and oxygen atoms in total. The van der Waals surface area contributed by atoms with Crippen molar-refractivity contribution in [1.29, 1.82) is 0 Å². The summed E-state index contributed by atoms with van der Waals surface area (Å²) in [6.45, 7) is 16.5. The normalized spacial score (nSPS) is 18.6. The lowest BCUT2D eigenvalue weighted by molar-refractivity contribution is -0.139. The number of fused-ring (bicyclic) bond motifs is 1. The zero-order valence-corrected chi connectivity index (χ0v) is 26.0. The minimum Gasteiger partial charge on any atom is -0.493 e. The molecule has 0 radical (unpaired) electrons. The molecule has 2 atom stereocenters. The van der Waals surface area contributed by atoms with Gasteiger partial charge in [-0.1, -0.05) is 77.5 Å². The van der Waals surface area contributed by atoms with Crippen LogP contribution in [0.25, 0.3) is 0 Å². The summed E-state index contributed by atoms with van der Waals surface area (Å²) in [6.07, 6.45) is 23.5. The van der Waals surface area contributed by atoms with E-state index in [1.165, 1.54) is 16.7 Å². The molecule has 5 heteroatoms. The predicted octanol–water partition coefficient (Wildman–Crippen LogP) is 7.62. The number of nitrogens with zero attached hydrogens (tertiary/aromatic N) is 2. The third kappa shape index (κ3) is 13.5. The van der Waals surface area contributed by atoms with Crippen molar-refractivity contribution in [2.75, 3.05) is 39.9 Å². The molecule has 39 heavy (non-hydrogen) atoms. The van der Waals surface area contributed by atoms with Crippen molar-refractivity contribution >= 4 is 6.29 Å². The quantitative estimate of drug-likeness (QED) is 0.164. The number of hydroxylamine groups is 2. The maximum absolute atomic E-state index is 11.1. The fraction of sp³-hybridized carbons (Fsp3) is 0.618. The second-order valence-electron chi connectivity index (χ2n) is 9.35. The Balaban J connectivity index is 0.000000816. The molecule has 1 saturated heterocycles. The van der Waals surface area contributed by atoms with Crippen molar-refractivity contribution in [3.63, 3.8) is 0 Å². The number of hydrogen-bond acceptors (Lipinski definition) is 5. The fourth-order valence-electron chi connectivity index (χ4n) is 4.96. The van der Waals surface area contributed by atoms with Gasteiger partial charge in [-0.3, -0.25) is 9.74 Å². The van der Waals surface area contributed by atoms with E-state index in [1.54, 1.807) is 0 Å². The molecule has 0 spiro atoms. The van der Waals surface area contributed by atoms with Gasteiger partial charge in [0.15, 0.2) is 0 Å². The molecular formula is C34H56N2O3. The SMILES string of the molecule is C#C.CC.CC.CCCON(C)CCC.O=CCN1CC(c2ccc3c(c2)CCO3)CC1CCC1=CC=CC1. The summed E-state index contributed by atoms with van der Waals surface area (Å²) in [5.41, 5.74) is 4.29. The average molecular weight is 541 g/mol. The summed E-state index contributed by atoms with van der Waals surface area (Å²) in [7, 11) is 1.97. The smallest absolute Gasteiger partial charge is 0.133 e. The van der Waals surface area contributed by atoms with Crippen molar-refractivity contribution < 1.29 is 14.4 Å². The Hall–Kier alpha value is -2.39. The van der Waals surface area contributed by atoms with Gasteiger partial charge in [0.05, 0.1) is 19.8 Å². The second kappa shape index (κ2) is 23.5. The lowest BCUT2D eigenvalue weighted by Crippen LogP contribution is -2.31. The van der Waals surface area contributed by atoms with Crippen LogP contribution >= 0.6 is 0 Å². The topological polar surface area (TPSA) is 42.0 Å². The van der Waals surface area contributed by atoms with Crippen LogP contribution in [-0.4, -0.2) is 62.2 Å². The van der Waals surface area contributed by atoms with Gasteiger partial charge in [0, 0.05) is 32.6 Å².